The van der Waals surface area contributed by atoms with E-state index in [1.807, 2.05) is 0 Å². The van der Waals surface area contributed by atoms with Gasteiger partial charge in [0.1, 0.15) is 5.82 Å². The molecule has 0 radical (unpaired) electrons. The molecule has 0 aromatic heterocycles. The molecule has 1 unspecified atom stereocenters. The van der Waals surface area contributed by atoms with E-state index in [4.69, 9.17) is 11.6 Å². The van der Waals surface area contributed by atoms with Crippen molar-refractivity contribution in [3.63, 3.8) is 0 Å². The van der Waals surface area contributed by atoms with Gasteiger partial charge < -0.3 is 15.5 Å². The number of nitrogens with one attached hydrogen (secondary N) is 2. The summed E-state index contributed by atoms with van der Waals surface area (Å²) in [5, 5.41) is 5.83. The van der Waals surface area contributed by atoms with Crippen molar-refractivity contribution in [3.05, 3.63) is 59.4 Å². The minimum absolute atomic E-state index is 0.102. The fraction of sp³-hybridized carbons (Fsp3) is 0.176. The molecule has 124 valence electrons. The molecule has 1 fully saturated rings. The molecule has 3 amide bonds. The Hall–Kier alpha value is -2.60. The van der Waals surface area contributed by atoms with Crippen molar-refractivity contribution in [1.29, 1.82) is 0 Å². The van der Waals surface area contributed by atoms with Gasteiger partial charge in [0.05, 0.1) is 16.8 Å². The Morgan fingerprint density at radius 3 is 2.58 bits per heavy atom. The van der Waals surface area contributed by atoms with Crippen LogP contribution in [0.25, 0.3) is 0 Å². The molecule has 2 N–H and O–H groups in total. The lowest BCUT2D eigenvalue weighted by Crippen LogP contribution is -2.39. The molecule has 0 spiro atoms. The number of halogens is 2. The van der Waals surface area contributed by atoms with Gasteiger partial charge in [-0.15, -0.1) is 0 Å². The number of amides is 3. The van der Waals surface area contributed by atoms with E-state index in [0.717, 1.165) is 0 Å². The van der Waals surface area contributed by atoms with Gasteiger partial charge in [-0.2, -0.15) is 0 Å². The molecule has 7 heteroatoms. The predicted octanol–water partition coefficient (Wildman–Crippen LogP) is 3.41. The van der Waals surface area contributed by atoms with Crippen LogP contribution in [0, 0.1) is 5.82 Å². The van der Waals surface area contributed by atoms with Crippen LogP contribution in [-0.4, -0.2) is 24.5 Å². The van der Waals surface area contributed by atoms with Crippen LogP contribution in [0.3, 0.4) is 0 Å². The summed E-state index contributed by atoms with van der Waals surface area (Å²) in [6.07, 6.45) is 0.196. The van der Waals surface area contributed by atoms with Crippen molar-refractivity contribution in [1.82, 2.24) is 5.32 Å². The molecule has 1 aliphatic rings. The maximum Gasteiger partial charge on any atom is 0.319 e. The Labute approximate surface area is 143 Å². The van der Waals surface area contributed by atoms with E-state index in [-0.39, 0.29) is 24.2 Å². The second-order valence-corrected chi connectivity index (χ2v) is 5.87. The van der Waals surface area contributed by atoms with E-state index in [9.17, 15) is 14.0 Å². The van der Waals surface area contributed by atoms with Crippen LogP contribution >= 0.6 is 11.6 Å². The van der Waals surface area contributed by atoms with Gasteiger partial charge in [-0.1, -0.05) is 23.7 Å². The van der Waals surface area contributed by atoms with Gasteiger partial charge >= 0.3 is 6.03 Å². The summed E-state index contributed by atoms with van der Waals surface area (Å²) in [5.74, 6) is -0.479. The summed E-state index contributed by atoms with van der Waals surface area (Å²) in [4.78, 5) is 25.7. The van der Waals surface area contributed by atoms with Crippen LogP contribution in [0.15, 0.2) is 48.5 Å². The number of anilines is 2. The van der Waals surface area contributed by atoms with Crippen LogP contribution in [-0.2, 0) is 4.79 Å². The second-order valence-electron chi connectivity index (χ2n) is 5.46. The third-order valence-electron chi connectivity index (χ3n) is 3.71. The average molecular weight is 348 g/mol. The average Bonchev–Trinajstić information content (AvgIpc) is 2.90. The van der Waals surface area contributed by atoms with Crippen molar-refractivity contribution < 1.29 is 14.0 Å². The predicted molar refractivity (Wildman–Crippen MR) is 90.8 cm³/mol. The lowest BCUT2D eigenvalue weighted by Gasteiger charge is -2.18. The smallest absolute Gasteiger partial charge is 0.319 e. The maximum atomic E-state index is 12.8. The number of para-hydroxylation sites is 1. The van der Waals surface area contributed by atoms with Crippen molar-refractivity contribution in [2.24, 2.45) is 0 Å². The van der Waals surface area contributed by atoms with E-state index in [1.54, 1.807) is 29.2 Å². The number of nitrogens with zero attached hydrogens (tertiary/aromatic N) is 1. The molecule has 0 bridgehead atoms. The Morgan fingerprint density at radius 2 is 1.88 bits per heavy atom. The van der Waals surface area contributed by atoms with Gasteiger partial charge in [0.25, 0.3) is 0 Å². The van der Waals surface area contributed by atoms with Crippen LogP contribution in [0.5, 0.6) is 0 Å². The van der Waals surface area contributed by atoms with Crippen LogP contribution in [0.4, 0.5) is 20.6 Å². The SMILES string of the molecule is O=C(Nc1ccc(F)cc1)NC1CC(=O)N(c2ccccc2Cl)C1. The number of hydrogen-bond acceptors (Lipinski definition) is 2. The van der Waals surface area contributed by atoms with Crippen molar-refractivity contribution in [2.75, 3.05) is 16.8 Å². The molecule has 0 aliphatic carbocycles. The maximum absolute atomic E-state index is 12.8. The molecule has 3 rings (SSSR count). The van der Waals surface area contributed by atoms with Crippen molar-refractivity contribution >= 4 is 34.9 Å². The molecule has 1 heterocycles. The van der Waals surface area contributed by atoms with Gasteiger partial charge in [-0.25, -0.2) is 9.18 Å². The van der Waals surface area contributed by atoms with Crippen molar-refractivity contribution in [2.45, 2.75) is 12.5 Å². The highest BCUT2D eigenvalue weighted by Gasteiger charge is 2.32. The number of urea groups is 1. The Kier molecular flexibility index (Phi) is 4.66. The number of benzene rings is 2. The molecule has 2 aromatic rings. The van der Waals surface area contributed by atoms with E-state index in [2.05, 4.69) is 10.6 Å². The zero-order valence-corrected chi connectivity index (χ0v) is 13.4. The Morgan fingerprint density at radius 1 is 1.17 bits per heavy atom. The molecule has 1 aliphatic heterocycles. The summed E-state index contributed by atoms with van der Waals surface area (Å²) in [7, 11) is 0. The Balaban J connectivity index is 1.61. The number of rotatable bonds is 3. The van der Waals surface area contributed by atoms with Crippen LogP contribution in [0.1, 0.15) is 6.42 Å². The van der Waals surface area contributed by atoms with Gasteiger partial charge in [-0.3, -0.25) is 4.79 Å². The summed E-state index contributed by atoms with van der Waals surface area (Å²) in [6, 6.07) is 11.7. The first-order valence-corrected chi connectivity index (χ1v) is 7.79. The van der Waals surface area contributed by atoms with Crippen molar-refractivity contribution in [3.8, 4) is 0 Å². The quantitative estimate of drug-likeness (QED) is 0.893. The summed E-state index contributed by atoms with van der Waals surface area (Å²) in [5.41, 5.74) is 1.11. The zero-order valence-electron chi connectivity index (χ0n) is 12.6. The minimum Gasteiger partial charge on any atom is -0.333 e. The second kappa shape index (κ2) is 6.88. The number of carbonyl (C=O) groups excluding carboxylic acids is 2. The third kappa shape index (κ3) is 3.65. The Bertz CT molecular complexity index is 767. The van der Waals surface area contributed by atoms with E-state index >= 15 is 0 Å². The highest BCUT2D eigenvalue weighted by molar-refractivity contribution is 6.33. The topological polar surface area (TPSA) is 61.4 Å². The van der Waals surface area contributed by atoms with Gasteiger partial charge in [0, 0.05) is 18.7 Å². The van der Waals surface area contributed by atoms with Gasteiger partial charge in [0.2, 0.25) is 5.91 Å². The molecule has 0 saturated carbocycles. The lowest BCUT2D eigenvalue weighted by atomic mass is 10.2. The molecular formula is C17H15ClFN3O2. The molecule has 1 saturated heterocycles. The van der Waals surface area contributed by atoms with Gasteiger partial charge in [-0.05, 0) is 36.4 Å². The van der Waals surface area contributed by atoms with E-state index in [0.29, 0.717) is 22.9 Å². The van der Waals surface area contributed by atoms with E-state index < -0.39 is 6.03 Å². The van der Waals surface area contributed by atoms with Gasteiger partial charge in [0.15, 0.2) is 0 Å². The standard InChI is InChI=1S/C17H15ClFN3O2/c18-14-3-1-2-4-15(14)22-10-13(9-16(22)23)21-17(24)20-12-7-5-11(19)6-8-12/h1-8,13H,9-10H2,(H2,20,21,24). The molecule has 1 atom stereocenters. The fourth-order valence-electron chi connectivity index (χ4n) is 2.59. The lowest BCUT2D eigenvalue weighted by molar-refractivity contribution is -0.117. The first-order valence-electron chi connectivity index (χ1n) is 7.41. The molecule has 24 heavy (non-hydrogen) atoms. The molecule has 5 nitrogen and oxygen atoms in total. The molecule has 2 aromatic carbocycles. The number of carbonyl (C=O) groups is 2. The molecular weight excluding hydrogens is 333 g/mol. The fourth-order valence-corrected chi connectivity index (χ4v) is 2.83. The first kappa shape index (κ1) is 16.3. The largest absolute Gasteiger partial charge is 0.333 e. The normalized spacial score (nSPS) is 17.0. The van der Waals surface area contributed by atoms with Crippen LogP contribution < -0.4 is 15.5 Å². The number of hydrogen-bond donors (Lipinski definition) is 2. The first-order chi connectivity index (χ1) is 11.5. The minimum atomic E-state index is -0.444. The monoisotopic (exact) mass is 347 g/mol. The van der Waals surface area contributed by atoms with Crippen LogP contribution in [0.2, 0.25) is 5.02 Å². The summed E-state index contributed by atoms with van der Waals surface area (Å²) in [6.45, 7) is 0.347. The highest BCUT2D eigenvalue weighted by atomic mass is 35.5. The third-order valence-corrected chi connectivity index (χ3v) is 4.03. The zero-order chi connectivity index (χ0) is 17.1. The highest BCUT2D eigenvalue weighted by Crippen LogP contribution is 2.28. The summed E-state index contributed by atoms with van der Waals surface area (Å²) >= 11 is 6.12. The summed E-state index contributed by atoms with van der Waals surface area (Å²) < 4.78 is 12.8. The van der Waals surface area contributed by atoms with E-state index in [1.165, 1.54) is 24.3 Å².